The summed E-state index contributed by atoms with van der Waals surface area (Å²) in [5.74, 6) is 1.91. The number of piperidine rings is 1. The SMILES string of the molecule is CN(C)CCC=C1c2ccccc2CCc2ccccc21.COc1ccc2c(c1)[C@]13CCCC[C@@H]1[C@H](C2)N(C)CC3.OCCN1CCN(CCCN2c3ccccc3Sc3ccc(Cl)cc32)CC1. The Kier molecular flexibility index (Phi) is 16.4. The van der Waals surface area contributed by atoms with E-state index in [4.69, 9.17) is 21.4 Å². The Hall–Kier alpha value is -4.12. The van der Waals surface area contributed by atoms with Gasteiger partial charge >= 0.3 is 0 Å². The summed E-state index contributed by atoms with van der Waals surface area (Å²) in [6.45, 7) is 9.80. The highest BCUT2D eigenvalue weighted by Gasteiger charge is 2.53. The normalized spacial score (nSPS) is 21.8. The number of piperazine rings is 1. The summed E-state index contributed by atoms with van der Waals surface area (Å²) in [7, 11) is 8.39. The second-order valence-electron chi connectivity index (χ2n) is 20.2. The molecule has 1 saturated carbocycles. The van der Waals surface area contributed by atoms with E-state index >= 15 is 0 Å². The number of fused-ring (bicyclic) bond motifs is 5. The quantitative estimate of drug-likeness (QED) is 0.149. The number of nitrogens with zero attached hydrogens (tertiary/aromatic N) is 5. The second-order valence-corrected chi connectivity index (χ2v) is 21.7. The van der Waals surface area contributed by atoms with Gasteiger partial charge in [-0.05, 0) is 173 Å². The molecular weight excluding hydrogens is 878 g/mol. The monoisotopic (exact) mass is 952 g/mol. The van der Waals surface area contributed by atoms with Crippen molar-refractivity contribution in [1.82, 2.24) is 19.6 Å². The van der Waals surface area contributed by atoms with Crippen molar-refractivity contribution >= 4 is 40.3 Å². The van der Waals surface area contributed by atoms with Crippen molar-refractivity contribution in [2.45, 2.75) is 85.5 Å². The lowest BCUT2D eigenvalue weighted by molar-refractivity contribution is 0.00274. The Balaban J connectivity index is 0.000000129. The molecule has 3 atom stereocenters. The van der Waals surface area contributed by atoms with Gasteiger partial charge in [-0.1, -0.05) is 109 Å². The first kappa shape index (κ1) is 48.9. The standard InChI is InChI=1S/C21H26ClN3OS.C20H23N.C18H25NO/c22-17-6-7-21-19(16-17)25(18-4-1-2-5-20(18)27-21)9-3-8-23-10-12-24(13-11-23)14-15-26;1-21(2)15-7-12-20-18-10-5-3-8-16(18)13-14-17-9-4-6-11-19(17)20;1-19-10-9-18-8-4-3-5-15(18)17(19)11-13-6-7-14(20-2)12-16(13)18/h1-2,4-7,16,26H,3,8-15H2;3-6,8-12H,7,13-15H2,1-2H3;6-7,12,15,17H,3-5,8-11H2,1-2H3/t;;15-,17+,18+/m..1/s1. The molecule has 0 spiro atoms. The van der Waals surface area contributed by atoms with Crippen molar-refractivity contribution in [3.8, 4) is 5.75 Å². The van der Waals surface area contributed by atoms with E-state index in [0.29, 0.717) is 5.41 Å². The van der Waals surface area contributed by atoms with E-state index in [0.717, 1.165) is 101 Å². The van der Waals surface area contributed by atoms with Gasteiger partial charge in [-0.3, -0.25) is 4.90 Å². The average molecular weight is 953 g/mol. The van der Waals surface area contributed by atoms with Gasteiger partial charge in [0.05, 0.1) is 25.1 Å². The first-order chi connectivity index (χ1) is 33.2. The number of ether oxygens (including phenoxy) is 1. The number of rotatable bonds is 10. The third kappa shape index (κ3) is 10.9. The number of aliphatic hydroxyl groups is 1. The summed E-state index contributed by atoms with van der Waals surface area (Å²) < 4.78 is 5.51. The molecule has 6 aliphatic rings. The second kappa shape index (κ2) is 22.7. The van der Waals surface area contributed by atoms with Crippen molar-refractivity contribution in [3.05, 3.63) is 154 Å². The molecule has 1 N–H and O–H groups in total. The summed E-state index contributed by atoms with van der Waals surface area (Å²) in [6.07, 6.45) is 15.1. The third-order valence-corrected chi connectivity index (χ3v) is 17.2. The molecule has 11 rings (SSSR count). The van der Waals surface area contributed by atoms with Gasteiger partial charge in [0.25, 0.3) is 0 Å². The van der Waals surface area contributed by atoms with Crippen LogP contribution in [0.1, 0.15) is 78.3 Å². The van der Waals surface area contributed by atoms with Crippen LogP contribution in [0.4, 0.5) is 11.4 Å². The van der Waals surface area contributed by atoms with Gasteiger partial charge < -0.3 is 29.4 Å². The minimum Gasteiger partial charge on any atom is -0.497 e. The van der Waals surface area contributed by atoms with Crippen molar-refractivity contribution in [3.63, 3.8) is 0 Å². The van der Waals surface area contributed by atoms with Gasteiger partial charge in [0.2, 0.25) is 0 Å². The summed E-state index contributed by atoms with van der Waals surface area (Å²) in [5, 5.41) is 9.87. The van der Waals surface area contributed by atoms with Crippen LogP contribution < -0.4 is 9.64 Å². The number of para-hydroxylation sites is 1. The molecule has 5 aromatic rings. The van der Waals surface area contributed by atoms with E-state index in [2.05, 4.69) is 155 Å². The number of aryl methyl sites for hydroxylation is 2. The van der Waals surface area contributed by atoms with E-state index in [-0.39, 0.29) is 6.61 Å². The molecule has 360 valence electrons. The number of likely N-dealkylation sites (N-methyl/N-ethyl adjacent to an activating group) is 1. The molecule has 3 fully saturated rings. The molecule has 3 aliphatic carbocycles. The number of methoxy groups -OCH3 is 1. The number of hydrogen-bond donors (Lipinski definition) is 1. The third-order valence-electron chi connectivity index (χ3n) is 15.8. The zero-order valence-electron chi connectivity index (χ0n) is 41.1. The summed E-state index contributed by atoms with van der Waals surface area (Å²) in [5.41, 5.74) is 13.4. The maximum absolute atomic E-state index is 9.08. The highest BCUT2D eigenvalue weighted by atomic mass is 35.5. The highest BCUT2D eigenvalue weighted by molar-refractivity contribution is 7.99. The molecule has 0 unspecified atom stereocenters. The molecule has 0 aromatic heterocycles. The largest absolute Gasteiger partial charge is 0.497 e. The van der Waals surface area contributed by atoms with Gasteiger partial charge in [0, 0.05) is 72.1 Å². The number of β-amino-alcohol motifs (C(OH)–C–C–N with tert-alkyl or cyclic N) is 1. The molecule has 68 heavy (non-hydrogen) atoms. The molecule has 7 nitrogen and oxygen atoms in total. The zero-order valence-corrected chi connectivity index (χ0v) is 42.7. The van der Waals surface area contributed by atoms with Crippen molar-refractivity contribution in [1.29, 1.82) is 0 Å². The van der Waals surface area contributed by atoms with Crippen molar-refractivity contribution < 1.29 is 9.84 Å². The molecule has 0 amide bonds. The fourth-order valence-corrected chi connectivity index (χ4v) is 13.5. The van der Waals surface area contributed by atoms with Crippen LogP contribution in [0, 0.1) is 5.92 Å². The number of halogens is 1. The fourth-order valence-electron chi connectivity index (χ4n) is 12.3. The Morgan fingerprint density at radius 3 is 2.16 bits per heavy atom. The molecular formula is C59H74ClN5O2S. The lowest BCUT2D eigenvalue weighted by atomic mass is 9.52. The number of aliphatic hydroxyl groups excluding tert-OH is 1. The molecule has 9 heteroatoms. The smallest absolute Gasteiger partial charge is 0.119 e. The highest BCUT2D eigenvalue weighted by Crippen LogP contribution is 2.56. The Morgan fingerprint density at radius 1 is 0.750 bits per heavy atom. The number of likely N-dealkylation sites (tertiary alicyclic amines) is 1. The maximum atomic E-state index is 9.08. The summed E-state index contributed by atoms with van der Waals surface area (Å²) in [6, 6.07) is 40.2. The Bertz CT molecular complexity index is 2450. The molecule has 2 saturated heterocycles. The van der Waals surface area contributed by atoms with Crippen LogP contribution in [-0.4, -0.2) is 125 Å². The van der Waals surface area contributed by atoms with E-state index in [1.807, 2.05) is 17.8 Å². The van der Waals surface area contributed by atoms with E-state index < -0.39 is 0 Å². The van der Waals surface area contributed by atoms with Crippen LogP contribution >= 0.6 is 23.4 Å². The van der Waals surface area contributed by atoms with Crippen LogP contribution in [0.2, 0.25) is 5.02 Å². The van der Waals surface area contributed by atoms with Crippen LogP contribution in [0.15, 0.2) is 125 Å². The van der Waals surface area contributed by atoms with Crippen LogP contribution in [-0.2, 0) is 24.7 Å². The van der Waals surface area contributed by atoms with Gasteiger partial charge in [-0.25, -0.2) is 0 Å². The van der Waals surface area contributed by atoms with Crippen LogP contribution in [0.25, 0.3) is 5.57 Å². The van der Waals surface area contributed by atoms with E-state index in [1.165, 1.54) is 94.1 Å². The lowest BCUT2D eigenvalue weighted by Crippen LogP contribution is -2.59. The first-order valence-electron chi connectivity index (χ1n) is 25.5. The topological polar surface area (TPSA) is 45.7 Å². The van der Waals surface area contributed by atoms with Gasteiger partial charge in [0.1, 0.15) is 5.75 Å². The van der Waals surface area contributed by atoms with Crippen LogP contribution in [0.5, 0.6) is 5.75 Å². The minimum atomic E-state index is 0.258. The Labute approximate surface area is 417 Å². The molecule has 3 heterocycles. The van der Waals surface area contributed by atoms with Crippen molar-refractivity contribution in [2.75, 3.05) is 98.7 Å². The lowest BCUT2D eigenvalue weighted by Gasteiger charge is -2.58. The number of hydrogen-bond acceptors (Lipinski definition) is 8. The van der Waals surface area contributed by atoms with Gasteiger partial charge in [-0.15, -0.1) is 0 Å². The summed E-state index contributed by atoms with van der Waals surface area (Å²) >= 11 is 8.12. The van der Waals surface area contributed by atoms with E-state index in [1.54, 1.807) is 18.2 Å². The van der Waals surface area contributed by atoms with E-state index in [9.17, 15) is 0 Å². The first-order valence-corrected chi connectivity index (χ1v) is 26.7. The predicted molar refractivity (Wildman–Crippen MR) is 286 cm³/mol. The fraction of sp³-hybridized carbons (Fsp3) is 0.458. The molecule has 5 aromatic carbocycles. The van der Waals surface area contributed by atoms with Gasteiger partial charge in [-0.2, -0.15) is 0 Å². The zero-order chi connectivity index (χ0) is 47.0. The number of anilines is 2. The van der Waals surface area contributed by atoms with Gasteiger partial charge in [0.15, 0.2) is 0 Å². The molecule has 3 aliphatic heterocycles. The minimum absolute atomic E-state index is 0.258. The maximum Gasteiger partial charge on any atom is 0.119 e. The van der Waals surface area contributed by atoms with Crippen molar-refractivity contribution in [2.24, 2.45) is 5.92 Å². The van der Waals surface area contributed by atoms with Crippen LogP contribution in [0.3, 0.4) is 0 Å². The number of benzene rings is 5. The predicted octanol–water partition coefficient (Wildman–Crippen LogP) is 11.5. The average Bonchev–Trinajstić information content (AvgIpc) is 3.52. The molecule has 2 bridgehead atoms. The molecule has 0 radical (unpaired) electrons. The Morgan fingerprint density at radius 2 is 1.44 bits per heavy atom. The summed E-state index contributed by atoms with van der Waals surface area (Å²) in [4.78, 5) is 14.8.